The summed E-state index contributed by atoms with van der Waals surface area (Å²) in [5.41, 5.74) is 0.807. The largest absolute Gasteiger partial charge is 0.335 e. The number of halogens is 1. The molecule has 0 radical (unpaired) electrons. The highest BCUT2D eigenvalue weighted by molar-refractivity contribution is 5.89. The molecule has 1 aliphatic heterocycles. The van der Waals surface area contributed by atoms with Crippen LogP contribution in [-0.2, 0) is 0 Å². The van der Waals surface area contributed by atoms with Gasteiger partial charge < -0.3 is 15.5 Å². The molecule has 0 unspecified atom stereocenters. The summed E-state index contributed by atoms with van der Waals surface area (Å²) in [7, 11) is 2.22. The second-order valence-electron chi connectivity index (χ2n) is 7.60. The molecule has 122 valence electrons. The van der Waals surface area contributed by atoms with Gasteiger partial charge in [0, 0.05) is 24.6 Å². The number of benzene rings is 1. The smallest absolute Gasteiger partial charge is 0.319 e. The van der Waals surface area contributed by atoms with Crippen molar-refractivity contribution in [2.24, 2.45) is 0 Å². The Bertz CT molecular complexity index is 521. The van der Waals surface area contributed by atoms with Gasteiger partial charge in [-0.3, -0.25) is 0 Å². The molecule has 3 N–H and O–H groups in total. The summed E-state index contributed by atoms with van der Waals surface area (Å²) in [4.78, 5) is 13.6. The third kappa shape index (κ3) is 3.77. The summed E-state index contributed by atoms with van der Waals surface area (Å²) in [5, 5.41) is 5.82. The Morgan fingerprint density at radius 1 is 1.14 bits per heavy atom. The van der Waals surface area contributed by atoms with Gasteiger partial charge in [0.25, 0.3) is 0 Å². The molecule has 0 spiro atoms. The molecule has 0 aliphatic carbocycles. The first-order chi connectivity index (χ1) is 10.1. The second kappa shape index (κ2) is 5.88. The van der Waals surface area contributed by atoms with Crippen molar-refractivity contribution in [3.63, 3.8) is 0 Å². The Morgan fingerprint density at radius 2 is 1.64 bits per heavy atom. The van der Waals surface area contributed by atoms with Crippen molar-refractivity contribution in [3.05, 3.63) is 30.1 Å². The number of carbonyl (C=O) groups is 1. The van der Waals surface area contributed by atoms with Gasteiger partial charge in [0.05, 0.1) is 18.1 Å². The van der Waals surface area contributed by atoms with Crippen LogP contribution in [0.4, 0.5) is 14.9 Å². The number of rotatable bonds is 2. The van der Waals surface area contributed by atoms with E-state index in [1.54, 1.807) is 12.1 Å². The van der Waals surface area contributed by atoms with Gasteiger partial charge in [-0.05, 0) is 52.0 Å². The molecule has 2 rings (SSSR count). The summed E-state index contributed by atoms with van der Waals surface area (Å²) in [6.45, 7) is 8.93. The van der Waals surface area contributed by atoms with Crippen LogP contribution in [0.3, 0.4) is 0 Å². The van der Waals surface area contributed by atoms with Crippen LogP contribution < -0.4 is 15.5 Å². The van der Waals surface area contributed by atoms with E-state index in [-0.39, 0.29) is 29.0 Å². The summed E-state index contributed by atoms with van der Waals surface area (Å²) in [6.07, 6.45) is 1.86. The molecule has 0 saturated carbocycles. The molecule has 1 saturated heterocycles. The van der Waals surface area contributed by atoms with Crippen LogP contribution >= 0.6 is 0 Å². The third-order valence-electron chi connectivity index (χ3n) is 4.98. The van der Waals surface area contributed by atoms with Crippen LogP contribution in [0, 0.1) is 5.82 Å². The zero-order valence-electron chi connectivity index (χ0n) is 14.1. The number of piperidine rings is 1. The first-order valence-electron chi connectivity index (χ1n) is 7.78. The van der Waals surface area contributed by atoms with E-state index in [1.807, 2.05) is 0 Å². The molecule has 0 bridgehead atoms. The lowest BCUT2D eigenvalue weighted by atomic mass is 9.77. The van der Waals surface area contributed by atoms with Gasteiger partial charge in [0.1, 0.15) is 5.82 Å². The van der Waals surface area contributed by atoms with Gasteiger partial charge in [-0.15, -0.1) is 0 Å². The standard InChI is InChI=1S/C17H26FN3O/c1-16(2)10-14(11-17(3,4)21(16)5)20-15(22)19-13-8-6-12(18)7-9-13/h6-9,14H,10-11H2,1-5H3,(H2,19,20,22)/p+1. The number of nitrogens with one attached hydrogen (secondary N) is 3. The molecule has 1 aromatic rings. The Balaban J connectivity index is 1.98. The summed E-state index contributed by atoms with van der Waals surface area (Å²) < 4.78 is 12.9. The van der Waals surface area contributed by atoms with E-state index in [9.17, 15) is 9.18 Å². The molecule has 1 heterocycles. The number of hydrogen-bond acceptors (Lipinski definition) is 1. The van der Waals surface area contributed by atoms with E-state index in [0.29, 0.717) is 5.69 Å². The van der Waals surface area contributed by atoms with Crippen LogP contribution in [0.25, 0.3) is 0 Å². The molecule has 1 fully saturated rings. The van der Waals surface area contributed by atoms with E-state index in [2.05, 4.69) is 45.4 Å². The highest BCUT2D eigenvalue weighted by Gasteiger charge is 2.47. The van der Waals surface area contributed by atoms with Crippen molar-refractivity contribution in [1.29, 1.82) is 0 Å². The molecule has 0 aromatic heterocycles. The minimum Gasteiger partial charge on any atom is -0.335 e. The first-order valence-corrected chi connectivity index (χ1v) is 7.78. The third-order valence-corrected chi connectivity index (χ3v) is 4.98. The fourth-order valence-electron chi connectivity index (χ4n) is 3.51. The Morgan fingerprint density at radius 3 is 2.14 bits per heavy atom. The van der Waals surface area contributed by atoms with E-state index in [0.717, 1.165) is 12.8 Å². The number of amides is 2. The average Bonchev–Trinajstić information content (AvgIpc) is 2.38. The van der Waals surface area contributed by atoms with E-state index < -0.39 is 0 Å². The van der Waals surface area contributed by atoms with Crippen molar-refractivity contribution in [3.8, 4) is 0 Å². The van der Waals surface area contributed by atoms with Crippen molar-refractivity contribution in [2.75, 3.05) is 12.4 Å². The SMILES string of the molecule is C[NH+]1C(C)(C)CC(NC(=O)Nc2ccc(F)cc2)CC1(C)C. The zero-order chi connectivity index (χ0) is 16.5. The van der Waals surface area contributed by atoms with E-state index >= 15 is 0 Å². The van der Waals surface area contributed by atoms with Gasteiger partial charge in [-0.1, -0.05) is 0 Å². The highest BCUT2D eigenvalue weighted by Crippen LogP contribution is 2.23. The summed E-state index contributed by atoms with van der Waals surface area (Å²) in [5.74, 6) is -0.312. The van der Waals surface area contributed by atoms with E-state index in [4.69, 9.17) is 0 Å². The molecular weight excluding hydrogens is 281 g/mol. The van der Waals surface area contributed by atoms with Crippen molar-refractivity contribution < 1.29 is 14.1 Å². The Labute approximate surface area is 132 Å². The Kier molecular flexibility index (Phi) is 4.47. The lowest BCUT2D eigenvalue weighted by Gasteiger charge is -2.50. The fraction of sp³-hybridized carbons (Fsp3) is 0.588. The molecule has 2 amide bonds. The number of hydrogen-bond donors (Lipinski definition) is 3. The van der Waals surface area contributed by atoms with E-state index in [1.165, 1.54) is 17.0 Å². The maximum Gasteiger partial charge on any atom is 0.319 e. The molecular formula is C17H27FN3O+. The molecule has 22 heavy (non-hydrogen) atoms. The maximum absolute atomic E-state index is 12.9. The average molecular weight is 308 g/mol. The van der Waals surface area contributed by atoms with Crippen LogP contribution in [0.15, 0.2) is 24.3 Å². The number of quaternary nitrogens is 1. The highest BCUT2D eigenvalue weighted by atomic mass is 19.1. The minimum absolute atomic E-state index is 0.107. The number of anilines is 1. The molecule has 0 atom stereocenters. The van der Waals surface area contributed by atoms with Gasteiger partial charge in [0.15, 0.2) is 0 Å². The molecule has 5 heteroatoms. The number of carbonyl (C=O) groups excluding carboxylic acids is 1. The van der Waals surface area contributed by atoms with Gasteiger partial charge in [-0.25, -0.2) is 9.18 Å². The lowest BCUT2D eigenvalue weighted by Crippen LogP contribution is -3.24. The van der Waals surface area contributed by atoms with Crippen LogP contribution in [-0.4, -0.2) is 30.2 Å². The summed E-state index contributed by atoms with van der Waals surface area (Å²) in [6, 6.07) is 5.68. The quantitative estimate of drug-likeness (QED) is 0.770. The predicted molar refractivity (Wildman–Crippen MR) is 86.6 cm³/mol. The second-order valence-corrected chi connectivity index (χ2v) is 7.60. The normalized spacial score (nSPS) is 26.3. The fourth-order valence-corrected chi connectivity index (χ4v) is 3.51. The minimum atomic E-state index is -0.312. The van der Waals surface area contributed by atoms with Crippen LogP contribution in [0.5, 0.6) is 0 Å². The lowest BCUT2D eigenvalue weighted by molar-refractivity contribution is -0.982. The molecule has 4 nitrogen and oxygen atoms in total. The van der Waals surface area contributed by atoms with Crippen molar-refractivity contribution in [1.82, 2.24) is 5.32 Å². The van der Waals surface area contributed by atoms with Gasteiger partial charge >= 0.3 is 6.03 Å². The monoisotopic (exact) mass is 308 g/mol. The van der Waals surface area contributed by atoms with Crippen LogP contribution in [0.2, 0.25) is 0 Å². The van der Waals surface area contributed by atoms with Crippen molar-refractivity contribution >= 4 is 11.7 Å². The topological polar surface area (TPSA) is 45.6 Å². The Hall–Kier alpha value is -1.62. The molecule has 1 aromatic carbocycles. The summed E-state index contributed by atoms with van der Waals surface area (Å²) >= 11 is 0. The molecule has 1 aliphatic rings. The van der Waals surface area contributed by atoms with Gasteiger partial charge in [-0.2, -0.15) is 0 Å². The number of likely N-dealkylation sites (tertiary alicyclic amines) is 1. The van der Waals surface area contributed by atoms with Crippen LogP contribution in [0.1, 0.15) is 40.5 Å². The van der Waals surface area contributed by atoms with Gasteiger partial charge in [0.2, 0.25) is 0 Å². The van der Waals surface area contributed by atoms with Crippen molar-refractivity contribution in [2.45, 2.75) is 57.7 Å². The first kappa shape index (κ1) is 16.7. The maximum atomic E-state index is 12.9. The predicted octanol–water partition coefficient (Wildman–Crippen LogP) is 2.18. The number of urea groups is 1. The zero-order valence-corrected chi connectivity index (χ0v) is 14.1.